The molecule has 0 radical (unpaired) electrons. The molecule has 15 rings (SSSR count). The van der Waals surface area contributed by atoms with Crippen LogP contribution in [-0.2, 0) is 0 Å². The van der Waals surface area contributed by atoms with E-state index in [9.17, 15) is 6.57 Å². The van der Waals surface area contributed by atoms with Gasteiger partial charge in [0.2, 0.25) is 5.69 Å². The molecule has 430 valence electrons. The third-order valence-electron chi connectivity index (χ3n) is 18.2. The molecule has 0 saturated carbocycles. The lowest BCUT2D eigenvalue weighted by atomic mass is 9.95. The van der Waals surface area contributed by atoms with Gasteiger partial charge in [-0.25, -0.2) is 19.8 Å². The molecular formula is C84H64N6. The molecule has 6 heteroatoms. The third-order valence-corrected chi connectivity index (χ3v) is 18.2. The van der Waals surface area contributed by atoms with E-state index in [2.05, 4.69) is 251 Å². The molecule has 0 amide bonds. The van der Waals surface area contributed by atoms with Gasteiger partial charge >= 0.3 is 0 Å². The van der Waals surface area contributed by atoms with Crippen molar-refractivity contribution < 1.29 is 0 Å². The van der Waals surface area contributed by atoms with Gasteiger partial charge < -0.3 is 9.13 Å². The van der Waals surface area contributed by atoms with Crippen LogP contribution in [0.4, 0.5) is 5.69 Å². The SMILES string of the molecule is [C-]#[N+]c1c(-c2ccc(-n3c4ccc(-c5ccc(C)cc5C)cc4c4cc(-c5ccc(C)cc5C)ccc43)cc2-c2nc(-c3ccccc3)nc(-c3ccccc3)n2)cccc1-n1c2ccc(-c3ccc(C)cc3C)cc2c2cc(-c3ccc(C)cc3C)ccc21. The Kier molecular flexibility index (Phi) is 13.6. The predicted octanol–water partition coefficient (Wildman–Crippen LogP) is 22.4. The first-order valence-electron chi connectivity index (χ1n) is 30.8. The lowest BCUT2D eigenvalue weighted by Gasteiger charge is -2.18. The van der Waals surface area contributed by atoms with Gasteiger partial charge in [0.05, 0.1) is 34.3 Å². The summed E-state index contributed by atoms with van der Waals surface area (Å²) in [7, 11) is 0. The summed E-state index contributed by atoms with van der Waals surface area (Å²) in [5.74, 6) is 1.59. The summed E-state index contributed by atoms with van der Waals surface area (Å²) in [5.41, 5.74) is 29.8. The highest BCUT2D eigenvalue weighted by molar-refractivity contribution is 6.14. The standard InChI is InChI=1S/C84H64N6/c1-50-23-32-65(54(5)41-50)60-27-37-76-71(45-60)72-46-61(66-33-24-51(2)42-55(66)6)28-38-77(72)89(76)64-31-36-69(75(49-64)84-87-82(58-17-12-10-13-18-58)86-83(88-84)59-19-14-11-15-20-59)70-21-16-22-80(81(70)85-9)90-78-39-29-62(67-34-25-52(3)43-56(67)7)47-73(78)74-48-63(30-40-79(74)90)68-35-26-53(4)44-57(68)8/h10-49H,1-8H3. The second kappa shape index (κ2) is 22.2. The first-order chi connectivity index (χ1) is 43.8. The van der Waals surface area contributed by atoms with Gasteiger partial charge in [0.15, 0.2) is 17.5 Å². The second-order valence-electron chi connectivity index (χ2n) is 24.4. The summed E-state index contributed by atoms with van der Waals surface area (Å²) in [6, 6.07) is 87.4. The van der Waals surface area contributed by atoms with Crippen molar-refractivity contribution in [2.45, 2.75) is 55.4 Å². The molecule has 15 aromatic rings. The minimum atomic E-state index is 0.491. The molecular weight excluding hydrogens is 1090 g/mol. The van der Waals surface area contributed by atoms with Crippen LogP contribution in [-0.4, -0.2) is 24.1 Å². The fourth-order valence-electron chi connectivity index (χ4n) is 13.9. The lowest BCUT2D eigenvalue weighted by Crippen LogP contribution is -2.03. The van der Waals surface area contributed by atoms with Crippen molar-refractivity contribution in [3.8, 4) is 101 Å². The molecule has 0 atom stereocenters. The highest BCUT2D eigenvalue weighted by Crippen LogP contribution is 2.47. The first-order valence-corrected chi connectivity index (χ1v) is 30.8. The maximum atomic E-state index is 9.34. The van der Waals surface area contributed by atoms with Crippen LogP contribution in [0.15, 0.2) is 243 Å². The number of fused-ring (bicyclic) bond motifs is 6. The average molecular weight is 1160 g/mol. The monoisotopic (exact) mass is 1160 g/mol. The van der Waals surface area contributed by atoms with Crippen LogP contribution >= 0.6 is 0 Å². The van der Waals surface area contributed by atoms with Gasteiger partial charge in [0, 0.05) is 43.9 Å². The zero-order chi connectivity index (χ0) is 61.5. The number of nitrogens with zero attached hydrogens (tertiary/aromatic N) is 6. The Labute approximate surface area is 525 Å². The Hall–Kier alpha value is -11.3. The van der Waals surface area contributed by atoms with E-state index in [1.54, 1.807) is 0 Å². The quantitative estimate of drug-likeness (QED) is 0.128. The predicted molar refractivity (Wildman–Crippen MR) is 376 cm³/mol. The molecule has 0 aliphatic heterocycles. The van der Waals surface area contributed by atoms with E-state index in [4.69, 9.17) is 15.0 Å². The van der Waals surface area contributed by atoms with Crippen LogP contribution in [0.25, 0.3) is 150 Å². The van der Waals surface area contributed by atoms with E-state index in [1.807, 2.05) is 60.7 Å². The number of benzene rings is 12. The highest BCUT2D eigenvalue weighted by atomic mass is 15.0. The molecule has 3 heterocycles. The van der Waals surface area contributed by atoms with E-state index < -0.39 is 0 Å². The van der Waals surface area contributed by atoms with E-state index in [0.717, 1.165) is 105 Å². The van der Waals surface area contributed by atoms with Gasteiger partial charge in [-0.05, 0) is 200 Å². The Morgan fingerprint density at radius 3 is 1.02 bits per heavy atom. The molecule has 0 spiro atoms. The summed E-state index contributed by atoms with van der Waals surface area (Å²) in [4.78, 5) is 20.6. The van der Waals surface area contributed by atoms with Gasteiger partial charge in [0.1, 0.15) is 0 Å². The number of hydrogen-bond acceptors (Lipinski definition) is 3. The minimum Gasteiger partial charge on any atom is -0.319 e. The molecule has 0 unspecified atom stereocenters. The fourth-order valence-corrected chi connectivity index (χ4v) is 13.9. The minimum absolute atomic E-state index is 0.491. The van der Waals surface area contributed by atoms with Gasteiger partial charge in [-0.1, -0.05) is 198 Å². The van der Waals surface area contributed by atoms with E-state index in [1.165, 1.54) is 66.8 Å². The summed E-state index contributed by atoms with van der Waals surface area (Å²) in [6.07, 6.45) is 0. The molecule has 0 bridgehead atoms. The van der Waals surface area contributed by atoms with Crippen molar-refractivity contribution in [1.29, 1.82) is 0 Å². The molecule has 0 aliphatic carbocycles. The smallest absolute Gasteiger partial charge is 0.218 e. The third kappa shape index (κ3) is 9.64. The van der Waals surface area contributed by atoms with Crippen LogP contribution < -0.4 is 0 Å². The Bertz CT molecular complexity index is 5190. The zero-order valence-electron chi connectivity index (χ0n) is 51.8. The molecule has 90 heavy (non-hydrogen) atoms. The largest absolute Gasteiger partial charge is 0.319 e. The van der Waals surface area contributed by atoms with Gasteiger partial charge in [0.25, 0.3) is 0 Å². The van der Waals surface area contributed by atoms with Crippen molar-refractivity contribution >= 4 is 49.3 Å². The molecule has 0 saturated heterocycles. The van der Waals surface area contributed by atoms with E-state index in [-0.39, 0.29) is 0 Å². The van der Waals surface area contributed by atoms with E-state index >= 15 is 0 Å². The van der Waals surface area contributed by atoms with E-state index in [0.29, 0.717) is 23.2 Å². The van der Waals surface area contributed by atoms with Gasteiger partial charge in [-0.15, -0.1) is 0 Å². The fraction of sp³-hybridized carbons (Fsp3) is 0.0952. The van der Waals surface area contributed by atoms with Crippen LogP contribution in [0, 0.1) is 62.0 Å². The van der Waals surface area contributed by atoms with Crippen molar-refractivity contribution in [2.24, 2.45) is 0 Å². The molecule has 0 N–H and O–H groups in total. The van der Waals surface area contributed by atoms with Crippen molar-refractivity contribution in [3.05, 3.63) is 299 Å². The molecule has 0 aliphatic rings. The Balaban J connectivity index is 0.990. The number of aryl methyl sites for hydroxylation is 8. The summed E-state index contributed by atoms with van der Waals surface area (Å²) < 4.78 is 4.68. The number of hydrogen-bond donors (Lipinski definition) is 0. The summed E-state index contributed by atoms with van der Waals surface area (Å²) in [5, 5.41) is 4.52. The first kappa shape index (κ1) is 55.3. The molecule has 0 fully saturated rings. The average Bonchev–Trinajstić information content (AvgIpc) is 1.56. The topological polar surface area (TPSA) is 52.9 Å². The van der Waals surface area contributed by atoms with Crippen LogP contribution in [0.1, 0.15) is 44.5 Å². The van der Waals surface area contributed by atoms with Crippen LogP contribution in [0.2, 0.25) is 0 Å². The second-order valence-corrected chi connectivity index (χ2v) is 24.4. The highest BCUT2D eigenvalue weighted by Gasteiger charge is 2.25. The Morgan fingerprint density at radius 2 is 0.644 bits per heavy atom. The summed E-state index contributed by atoms with van der Waals surface area (Å²) >= 11 is 0. The van der Waals surface area contributed by atoms with Crippen molar-refractivity contribution in [3.63, 3.8) is 0 Å². The summed E-state index contributed by atoms with van der Waals surface area (Å²) in [6.45, 7) is 26.7. The van der Waals surface area contributed by atoms with Crippen molar-refractivity contribution in [1.82, 2.24) is 24.1 Å². The van der Waals surface area contributed by atoms with Crippen LogP contribution in [0.5, 0.6) is 0 Å². The number of aromatic nitrogens is 5. The maximum Gasteiger partial charge on any atom is 0.218 e. The maximum absolute atomic E-state index is 9.34. The lowest BCUT2D eigenvalue weighted by molar-refractivity contribution is 1.07. The van der Waals surface area contributed by atoms with Crippen molar-refractivity contribution in [2.75, 3.05) is 0 Å². The normalized spacial score (nSPS) is 11.5. The van der Waals surface area contributed by atoms with Gasteiger partial charge in [-0.2, -0.15) is 0 Å². The molecule has 12 aromatic carbocycles. The molecule has 6 nitrogen and oxygen atoms in total. The zero-order valence-corrected chi connectivity index (χ0v) is 51.8. The molecule has 3 aromatic heterocycles. The Morgan fingerprint density at radius 1 is 0.278 bits per heavy atom. The van der Waals surface area contributed by atoms with Gasteiger partial charge in [-0.3, -0.25) is 0 Å². The van der Waals surface area contributed by atoms with Crippen LogP contribution in [0.3, 0.4) is 0 Å². The number of para-hydroxylation sites is 1. The number of rotatable bonds is 10.